The van der Waals surface area contributed by atoms with E-state index in [0.717, 1.165) is 17.3 Å². The zero-order chi connectivity index (χ0) is 27.7. The van der Waals surface area contributed by atoms with Crippen LogP contribution in [0.1, 0.15) is 22.3 Å². The number of hydrogen-bond donors (Lipinski definition) is 1. The van der Waals surface area contributed by atoms with Gasteiger partial charge in [0.25, 0.3) is 5.79 Å². The molecule has 1 aliphatic rings. The van der Waals surface area contributed by atoms with Crippen molar-refractivity contribution in [2.24, 2.45) is 0 Å². The number of fused-ring (bicyclic) bond motifs is 1. The first-order chi connectivity index (χ1) is 19.4. The lowest BCUT2D eigenvalue weighted by molar-refractivity contribution is -0.185. The summed E-state index contributed by atoms with van der Waals surface area (Å²) in [6.45, 7) is 0.381. The number of benzene rings is 4. The Morgan fingerprint density at radius 2 is 1.70 bits per heavy atom. The van der Waals surface area contributed by atoms with Gasteiger partial charge in [-0.2, -0.15) is 8.75 Å². The minimum atomic E-state index is -2.09. The number of rotatable bonds is 8. The first-order valence-electron chi connectivity index (χ1n) is 12.5. The number of aliphatic hydroxyl groups is 1. The SMILES string of the molecule is COc1ccc(CC2=C(c3ccc4nsnc4c3)C(=O)OC2(O)c2ccc(OCc3ccccc3)cc2)cc1F. The molecule has 1 aromatic heterocycles. The van der Waals surface area contributed by atoms with Crippen LogP contribution in [0.5, 0.6) is 11.5 Å². The van der Waals surface area contributed by atoms with Gasteiger partial charge in [-0.05, 0) is 65.2 Å². The molecule has 2 heterocycles. The van der Waals surface area contributed by atoms with Crippen molar-refractivity contribution in [1.82, 2.24) is 8.75 Å². The Hall–Kier alpha value is -4.60. The summed E-state index contributed by atoms with van der Waals surface area (Å²) in [5.41, 5.74) is 4.19. The lowest BCUT2D eigenvalue weighted by Gasteiger charge is -2.26. The van der Waals surface area contributed by atoms with E-state index in [1.54, 1.807) is 48.5 Å². The van der Waals surface area contributed by atoms with Crippen molar-refractivity contribution in [3.63, 3.8) is 0 Å². The molecule has 0 saturated carbocycles. The fraction of sp³-hybridized carbons (Fsp3) is 0.129. The van der Waals surface area contributed by atoms with Gasteiger partial charge in [0.1, 0.15) is 23.4 Å². The standard InChI is InChI=1S/C31H23FN2O5S/c1-37-28-14-7-20(16-25(28)32)15-24-29(21-8-13-26-27(17-21)34-40-33-26)30(35)39-31(24,36)22-9-11-23(12-10-22)38-18-19-5-3-2-4-6-19/h2-14,16-17,36H,15,18H2,1H3. The number of nitrogens with zero attached hydrogens (tertiary/aromatic N) is 2. The second-order valence-electron chi connectivity index (χ2n) is 9.30. The molecule has 0 fully saturated rings. The average molecular weight is 555 g/mol. The second-order valence-corrected chi connectivity index (χ2v) is 9.83. The predicted octanol–water partition coefficient (Wildman–Crippen LogP) is 5.82. The quantitative estimate of drug-likeness (QED) is 0.242. The van der Waals surface area contributed by atoms with Gasteiger partial charge in [0.15, 0.2) is 11.6 Å². The number of esters is 1. The molecule has 200 valence electrons. The molecule has 40 heavy (non-hydrogen) atoms. The molecule has 5 aromatic rings. The number of hydrogen-bond acceptors (Lipinski definition) is 8. The van der Waals surface area contributed by atoms with Gasteiger partial charge in [-0.15, -0.1) is 0 Å². The van der Waals surface area contributed by atoms with Crippen LogP contribution in [-0.2, 0) is 28.3 Å². The van der Waals surface area contributed by atoms with Gasteiger partial charge in [0.05, 0.1) is 24.4 Å². The molecule has 0 spiro atoms. The third-order valence-corrected chi connectivity index (χ3v) is 7.35. The van der Waals surface area contributed by atoms with Gasteiger partial charge in [-0.25, -0.2) is 9.18 Å². The van der Waals surface area contributed by atoms with Crippen LogP contribution in [0.2, 0.25) is 0 Å². The molecule has 1 N–H and O–H groups in total. The van der Waals surface area contributed by atoms with E-state index in [1.807, 2.05) is 30.3 Å². The topological polar surface area (TPSA) is 90.8 Å². The summed E-state index contributed by atoms with van der Waals surface area (Å²) >= 11 is 1.07. The van der Waals surface area contributed by atoms with E-state index in [-0.39, 0.29) is 23.3 Å². The third kappa shape index (κ3) is 4.81. The Balaban J connectivity index is 1.39. The smallest absolute Gasteiger partial charge is 0.342 e. The first-order valence-corrected chi connectivity index (χ1v) is 13.2. The largest absolute Gasteiger partial charge is 0.494 e. The zero-order valence-electron chi connectivity index (χ0n) is 21.3. The average Bonchev–Trinajstić information content (AvgIpc) is 3.54. The van der Waals surface area contributed by atoms with Crippen molar-refractivity contribution in [2.45, 2.75) is 18.8 Å². The van der Waals surface area contributed by atoms with Gasteiger partial charge in [-0.1, -0.05) is 42.5 Å². The first kappa shape index (κ1) is 25.7. The molecule has 1 atom stereocenters. The summed E-state index contributed by atoms with van der Waals surface area (Å²) in [6.07, 6.45) is 0.0398. The van der Waals surface area contributed by atoms with Gasteiger partial charge in [0.2, 0.25) is 0 Å². The third-order valence-electron chi connectivity index (χ3n) is 6.79. The Kier molecular flexibility index (Phi) is 6.75. The number of carbonyl (C=O) groups excluding carboxylic acids is 1. The van der Waals surface area contributed by atoms with Crippen molar-refractivity contribution in [3.05, 3.63) is 125 Å². The maximum atomic E-state index is 14.6. The van der Waals surface area contributed by atoms with Crippen LogP contribution in [0.15, 0.2) is 96.6 Å². The van der Waals surface area contributed by atoms with Crippen LogP contribution in [0, 0.1) is 5.82 Å². The van der Waals surface area contributed by atoms with Crippen molar-refractivity contribution < 1.29 is 28.5 Å². The molecule has 6 rings (SSSR count). The van der Waals surface area contributed by atoms with E-state index in [4.69, 9.17) is 14.2 Å². The van der Waals surface area contributed by atoms with Gasteiger partial charge < -0.3 is 19.3 Å². The molecule has 9 heteroatoms. The van der Waals surface area contributed by atoms with E-state index in [0.29, 0.717) is 40.1 Å². The van der Waals surface area contributed by atoms with Gasteiger partial charge >= 0.3 is 5.97 Å². The van der Waals surface area contributed by atoms with Crippen molar-refractivity contribution >= 4 is 34.3 Å². The number of aromatic nitrogens is 2. The lowest BCUT2D eigenvalue weighted by Crippen LogP contribution is -2.29. The second kappa shape index (κ2) is 10.5. The predicted molar refractivity (Wildman–Crippen MR) is 148 cm³/mol. The fourth-order valence-corrected chi connectivity index (χ4v) is 5.27. The zero-order valence-corrected chi connectivity index (χ0v) is 22.2. The van der Waals surface area contributed by atoms with Crippen molar-refractivity contribution in [1.29, 1.82) is 0 Å². The molecular formula is C31H23FN2O5S. The molecule has 0 radical (unpaired) electrons. The summed E-state index contributed by atoms with van der Waals surface area (Å²) < 4.78 is 39.7. The lowest BCUT2D eigenvalue weighted by atomic mass is 9.88. The van der Waals surface area contributed by atoms with E-state index in [2.05, 4.69) is 8.75 Å². The number of ether oxygens (including phenoxy) is 3. The minimum absolute atomic E-state index is 0.0398. The van der Waals surface area contributed by atoms with Gasteiger partial charge in [-0.3, -0.25) is 0 Å². The minimum Gasteiger partial charge on any atom is -0.494 e. The molecule has 1 unspecified atom stereocenters. The molecule has 1 aliphatic heterocycles. The van der Waals surface area contributed by atoms with Crippen LogP contribution in [0.25, 0.3) is 16.6 Å². The maximum Gasteiger partial charge on any atom is 0.342 e. The maximum absolute atomic E-state index is 14.6. The Labute approximate surface area is 233 Å². The van der Waals surface area contributed by atoms with Crippen molar-refractivity contribution in [3.8, 4) is 11.5 Å². The number of halogens is 1. The monoisotopic (exact) mass is 554 g/mol. The summed E-state index contributed by atoms with van der Waals surface area (Å²) in [5, 5.41) is 11.9. The highest BCUT2D eigenvalue weighted by molar-refractivity contribution is 7.00. The highest BCUT2D eigenvalue weighted by Gasteiger charge is 2.48. The number of carbonyl (C=O) groups is 1. The molecule has 0 saturated heterocycles. The van der Waals surface area contributed by atoms with E-state index in [9.17, 15) is 14.3 Å². The van der Waals surface area contributed by atoms with Crippen molar-refractivity contribution in [2.75, 3.05) is 7.11 Å². The van der Waals surface area contributed by atoms with E-state index >= 15 is 0 Å². The van der Waals surface area contributed by atoms with Crippen LogP contribution >= 0.6 is 11.7 Å². The normalized spacial score (nSPS) is 16.8. The molecule has 0 bridgehead atoms. The molecular weight excluding hydrogens is 531 g/mol. The summed E-state index contributed by atoms with van der Waals surface area (Å²) in [7, 11) is 1.39. The van der Waals surface area contributed by atoms with E-state index < -0.39 is 17.6 Å². The van der Waals surface area contributed by atoms with Crippen LogP contribution < -0.4 is 9.47 Å². The van der Waals surface area contributed by atoms with Crippen LogP contribution in [-0.4, -0.2) is 26.9 Å². The number of methoxy groups -OCH3 is 1. The van der Waals surface area contributed by atoms with E-state index in [1.165, 1.54) is 19.2 Å². The summed E-state index contributed by atoms with van der Waals surface area (Å²) in [4.78, 5) is 13.3. The Bertz CT molecular complexity index is 1740. The molecule has 0 amide bonds. The van der Waals surface area contributed by atoms with Gasteiger partial charge in [0, 0.05) is 17.6 Å². The molecule has 4 aromatic carbocycles. The summed E-state index contributed by atoms with van der Waals surface area (Å²) in [6, 6.07) is 26.2. The highest BCUT2D eigenvalue weighted by Crippen LogP contribution is 2.45. The van der Waals surface area contributed by atoms with Crippen LogP contribution in [0.4, 0.5) is 4.39 Å². The number of cyclic esters (lactones) is 1. The molecule has 0 aliphatic carbocycles. The Morgan fingerprint density at radius 3 is 2.45 bits per heavy atom. The highest BCUT2D eigenvalue weighted by atomic mass is 32.1. The Morgan fingerprint density at radius 1 is 0.925 bits per heavy atom. The summed E-state index contributed by atoms with van der Waals surface area (Å²) in [5.74, 6) is -2.65. The van der Waals surface area contributed by atoms with Crippen LogP contribution in [0.3, 0.4) is 0 Å². The fourth-order valence-electron chi connectivity index (χ4n) is 4.75. The molecule has 7 nitrogen and oxygen atoms in total.